The Morgan fingerprint density at radius 2 is 1.69 bits per heavy atom. The van der Waals surface area contributed by atoms with Gasteiger partial charge in [-0.25, -0.2) is 0 Å². The Labute approximate surface area is 264 Å². The van der Waals surface area contributed by atoms with E-state index in [1.807, 2.05) is 43.9 Å². The average molecular weight is 662 g/mol. The van der Waals surface area contributed by atoms with Crippen molar-refractivity contribution in [2.24, 2.45) is 5.41 Å². The van der Waals surface area contributed by atoms with E-state index in [1.54, 1.807) is 4.90 Å². The third-order valence-corrected chi connectivity index (χ3v) is 10.8. The topological polar surface area (TPSA) is 127 Å². The van der Waals surface area contributed by atoms with Gasteiger partial charge in [0.15, 0.2) is 0 Å². The molecule has 3 heterocycles. The van der Waals surface area contributed by atoms with Gasteiger partial charge in [0.05, 0.1) is 4.88 Å². The van der Waals surface area contributed by atoms with E-state index in [0.29, 0.717) is 37.2 Å². The zero-order chi connectivity index (χ0) is 32.7. The Bertz CT molecular complexity index is 1640. The van der Waals surface area contributed by atoms with Crippen molar-refractivity contribution in [3.63, 3.8) is 0 Å². The molecule has 1 aromatic heterocycles. The number of nitrogens with zero attached hydrogens (tertiary/aromatic N) is 2. The summed E-state index contributed by atoms with van der Waals surface area (Å²) in [5.74, 6) is -0.783. The Morgan fingerprint density at radius 1 is 1.00 bits per heavy atom. The first kappa shape index (κ1) is 33.2. The second kappa shape index (κ2) is 12.5. The van der Waals surface area contributed by atoms with E-state index < -0.39 is 42.2 Å². The van der Waals surface area contributed by atoms with E-state index >= 15 is 0 Å². The summed E-state index contributed by atoms with van der Waals surface area (Å²) in [5, 5.41) is 3.05. The summed E-state index contributed by atoms with van der Waals surface area (Å²) in [6, 6.07) is 13.0. The molecule has 45 heavy (non-hydrogen) atoms. The fourth-order valence-electron chi connectivity index (χ4n) is 6.20. The molecule has 9 nitrogen and oxygen atoms in total. The second-order valence-electron chi connectivity index (χ2n) is 12.9. The van der Waals surface area contributed by atoms with Crippen molar-refractivity contribution in [3.8, 4) is 0 Å². The molecule has 0 aliphatic carbocycles. The van der Waals surface area contributed by atoms with E-state index in [2.05, 4.69) is 17.4 Å². The largest absolute Gasteiger partial charge is 0.399 e. The first-order valence-corrected chi connectivity index (χ1v) is 17.4. The molecule has 3 amide bonds. The van der Waals surface area contributed by atoms with Crippen LogP contribution in [0.2, 0.25) is 0 Å². The van der Waals surface area contributed by atoms with Gasteiger partial charge in [0.25, 0.3) is 5.91 Å². The lowest BCUT2D eigenvalue weighted by molar-refractivity contribution is -0.146. The molecule has 242 valence electrons. The van der Waals surface area contributed by atoms with Gasteiger partial charge in [0.2, 0.25) is 11.8 Å². The highest BCUT2D eigenvalue weighted by Crippen LogP contribution is 2.59. The number of alkyl halides is 2. The van der Waals surface area contributed by atoms with Gasteiger partial charge in [-0.3, -0.25) is 18.9 Å². The quantitative estimate of drug-likeness (QED) is 0.280. The summed E-state index contributed by atoms with van der Waals surface area (Å²) in [5.41, 5.74) is -4.76. The zero-order valence-electron chi connectivity index (χ0n) is 25.4. The minimum absolute atomic E-state index is 0.0760. The number of nitrogens with one attached hydrogen (secondary N) is 1. The summed E-state index contributed by atoms with van der Waals surface area (Å²) in [6.07, 6.45) is 3.07. The van der Waals surface area contributed by atoms with Gasteiger partial charge >= 0.3 is 13.3 Å². The number of carbonyl (C=O) groups excluding carboxylic acids is 3. The van der Waals surface area contributed by atoms with Crippen LogP contribution in [0.25, 0.3) is 10.1 Å². The average Bonchev–Trinajstić information content (AvgIpc) is 3.66. The molecule has 2 aliphatic heterocycles. The molecule has 0 unspecified atom stereocenters. The Kier molecular flexibility index (Phi) is 9.26. The minimum Gasteiger partial charge on any atom is -0.340 e. The van der Waals surface area contributed by atoms with E-state index in [4.69, 9.17) is 9.79 Å². The normalized spacial score (nSPS) is 20.3. The van der Waals surface area contributed by atoms with Crippen LogP contribution in [0.4, 0.5) is 8.78 Å². The van der Waals surface area contributed by atoms with E-state index in [-0.39, 0.29) is 28.0 Å². The van der Waals surface area contributed by atoms with Crippen molar-refractivity contribution >= 4 is 46.7 Å². The first-order valence-electron chi connectivity index (χ1n) is 15.0. The number of piperidine rings is 1. The molecule has 3 N–H and O–H groups in total. The van der Waals surface area contributed by atoms with Crippen LogP contribution in [-0.4, -0.2) is 69.0 Å². The highest BCUT2D eigenvalue weighted by atomic mass is 32.1. The summed E-state index contributed by atoms with van der Waals surface area (Å²) < 4.78 is 40.4. The Hall–Kier alpha value is -3.18. The van der Waals surface area contributed by atoms with E-state index in [1.165, 1.54) is 17.7 Å². The van der Waals surface area contributed by atoms with Crippen LogP contribution >= 0.6 is 18.9 Å². The minimum atomic E-state index is -5.76. The maximum absolute atomic E-state index is 14.3. The summed E-state index contributed by atoms with van der Waals surface area (Å²) >= 11 is 1.01. The molecule has 2 aromatic carbocycles. The van der Waals surface area contributed by atoms with Gasteiger partial charge in [-0.2, -0.15) is 8.78 Å². The first-order chi connectivity index (χ1) is 21.1. The molecule has 0 spiro atoms. The zero-order valence-corrected chi connectivity index (χ0v) is 27.1. The van der Waals surface area contributed by atoms with Crippen LogP contribution in [0.3, 0.4) is 0 Å². The Balaban J connectivity index is 1.32. The molecule has 2 aliphatic rings. The van der Waals surface area contributed by atoms with Crippen molar-refractivity contribution in [1.82, 2.24) is 15.1 Å². The second-order valence-corrected chi connectivity index (χ2v) is 15.7. The number of fused-ring (bicyclic) bond motifs is 1. The predicted octanol–water partition coefficient (Wildman–Crippen LogP) is 5.67. The highest BCUT2D eigenvalue weighted by molar-refractivity contribution is 7.52. The standard InChI is InChI=1S/C32H38F2N3O6PS/c1-31(2,3)27(35-28(38)26-18-22-17-23(13-14-25(22)45-26)32(33,34)44(41,42)43)30(40)37-16-8-12-24(37)29(39)36-15-7-11-21(19-36)20-9-5-4-6-10-20/h4-6,9-10,13-14,17-18,21,24,27H,7-8,11-12,15-16,19H2,1-3H3,(H,35,38)(H2,41,42,43)/t21-,24-,27+/m0/s1. The van der Waals surface area contributed by atoms with Crippen LogP contribution in [0.5, 0.6) is 0 Å². The fourth-order valence-corrected chi connectivity index (χ4v) is 7.62. The molecule has 0 saturated carbocycles. The Morgan fingerprint density at radius 3 is 2.36 bits per heavy atom. The van der Waals surface area contributed by atoms with Crippen molar-refractivity contribution in [2.75, 3.05) is 19.6 Å². The van der Waals surface area contributed by atoms with Crippen molar-refractivity contribution in [3.05, 3.63) is 70.6 Å². The van der Waals surface area contributed by atoms with Crippen molar-refractivity contribution in [1.29, 1.82) is 0 Å². The van der Waals surface area contributed by atoms with E-state index in [9.17, 15) is 27.7 Å². The van der Waals surface area contributed by atoms with Gasteiger partial charge < -0.3 is 24.9 Å². The molecule has 3 aromatic rings. The molecule has 0 bridgehead atoms. The number of hydrogen-bond donors (Lipinski definition) is 3. The number of thiophene rings is 1. The highest BCUT2D eigenvalue weighted by Gasteiger charge is 2.50. The lowest BCUT2D eigenvalue weighted by Gasteiger charge is -2.38. The third-order valence-electron chi connectivity index (χ3n) is 8.67. The SMILES string of the molecule is CC(C)(C)[C@H](NC(=O)c1cc2cc(C(F)(F)P(=O)(O)O)ccc2s1)C(=O)N1CCC[C@H]1C(=O)N1CCC[C@H](c2ccccc2)C1. The molecule has 3 atom stereocenters. The van der Waals surface area contributed by atoms with Crippen LogP contribution in [0.15, 0.2) is 54.6 Å². The molecular weight excluding hydrogens is 623 g/mol. The predicted molar refractivity (Wildman–Crippen MR) is 168 cm³/mol. The van der Waals surface area contributed by atoms with Gasteiger partial charge in [-0.15, -0.1) is 11.3 Å². The third kappa shape index (κ3) is 6.84. The summed E-state index contributed by atoms with van der Waals surface area (Å²) in [4.78, 5) is 63.1. The number of rotatable bonds is 7. The van der Waals surface area contributed by atoms with Gasteiger partial charge in [-0.1, -0.05) is 57.2 Å². The van der Waals surface area contributed by atoms with Crippen molar-refractivity contribution < 1.29 is 37.5 Å². The van der Waals surface area contributed by atoms with Gasteiger partial charge in [-0.05, 0) is 60.2 Å². The molecule has 0 radical (unpaired) electrons. The summed E-state index contributed by atoms with van der Waals surface area (Å²) in [7, 11) is -5.76. The lowest BCUT2D eigenvalue weighted by Crippen LogP contribution is -2.58. The number of halogens is 2. The fraction of sp³-hybridized carbons (Fsp3) is 0.469. The monoisotopic (exact) mass is 661 g/mol. The van der Waals surface area contributed by atoms with Crippen LogP contribution in [-0.2, 0) is 19.8 Å². The maximum Gasteiger partial charge on any atom is 0.399 e. The number of hydrogen-bond acceptors (Lipinski definition) is 5. The maximum atomic E-state index is 14.3. The lowest BCUT2D eigenvalue weighted by atomic mass is 9.85. The molecular formula is C32H38F2N3O6PS. The van der Waals surface area contributed by atoms with Crippen LogP contribution < -0.4 is 5.32 Å². The summed E-state index contributed by atoms with van der Waals surface area (Å²) in [6.45, 7) is 7.08. The van der Waals surface area contributed by atoms with Gasteiger partial charge in [0, 0.05) is 35.8 Å². The molecule has 13 heteroatoms. The number of amides is 3. The molecule has 2 fully saturated rings. The van der Waals surface area contributed by atoms with E-state index in [0.717, 1.165) is 36.3 Å². The molecule has 2 saturated heterocycles. The smallest absolute Gasteiger partial charge is 0.340 e. The van der Waals surface area contributed by atoms with Crippen LogP contribution in [0, 0.1) is 5.41 Å². The number of carbonyl (C=O) groups is 3. The van der Waals surface area contributed by atoms with Gasteiger partial charge in [0.1, 0.15) is 12.1 Å². The number of likely N-dealkylation sites (tertiary alicyclic amines) is 2. The van der Waals surface area contributed by atoms with Crippen LogP contribution in [0.1, 0.15) is 73.2 Å². The number of benzene rings is 2. The van der Waals surface area contributed by atoms with Crippen molar-refractivity contribution in [2.45, 2.75) is 70.1 Å². The molecule has 5 rings (SSSR count).